The van der Waals surface area contributed by atoms with Crippen LogP contribution in [0.1, 0.15) is 19.8 Å². The van der Waals surface area contributed by atoms with E-state index in [1.165, 1.54) is 19.2 Å². The van der Waals surface area contributed by atoms with E-state index in [9.17, 15) is 0 Å². The fourth-order valence-electron chi connectivity index (χ4n) is 1.92. The maximum Gasteiger partial charge on any atom is 0.148 e. The molecule has 15 heavy (non-hydrogen) atoms. The Morgan fingerprint density at radius 1 is 1.60 bits per heavy atom. The second-order valence-electron chi connectivity index (χ2n) is 3.81. The molecule has 1 aliphatic heterocycles. The quantitative estimate of drug-likeness (QED) is 0.784. The summed E-state index contributed by atoms with van der Waals surface area (Å²) in [5.74, 6) is 1.71. The van der Waals surface area contributed by atoms with Gasteiger partial charge in [-0.2, -0.15) is 0 Å². The van der Waals surface area contributed by atoms with Crippen LogP contribution in [0.15, 0.2) is 10.8 Å². The topological polar surface area (TPSA) is 29.0 Å². The lowest BCUT2D eigenvalue weighted by atomic mass is 10.1. The highest BCUT2D eigenvalue weighted by molar-refractivity contribution is 9.10. The second kappa shape index (κ2) is 4.66. The molecule has 0 N–H and O–H groups in total. The molecule has 0 radical (unpaired) electrons. The van der Waals surface area contributed by atoms with Crippen molar-refractivity contribution >= 4 is 33.3 Å². The first-order valence-electron chi connectivity index (χ1n) is 5.13. The number of nitrogens with zero attached hydrogens (tertiary/aromatic N) is 3. The van der Waals surface area contributed by atoms with Crippen molar-refractivity contribution in [3.8, 4) is 0 Å². The average molecular weight is 291 g/mol. The van der Waals surface area contributed by atoms with E-state index >= 15 is 0 Å². The van der Waals surface area contributed by atoms with Gasteiger partial charge in [-0.3, -0.25) is 0 Å². The van der Waals surface area contributed by atoms with Gasteiger partial charge in [-0.25, -0.2) is 9.97 Å². The minimum atomic E-state index is 0.486. The fourth-order valence-corrected chi connectivity index (χ4v) is 2.50. The summed E-state index contributed by atoms with van der Waals surface area (Å²) in [4.78, 5) is 10.5. The van der Waals surface area contributed by atoms with E-state index in [2.05, 4.69) is 37.7 Å². The molecule has 1 aromatic rings. The van der Waals surface area contributed by atoms with Gasteiger partial charge in [-0.15, -0.1) is 0 Å². The summed E-state index contributed by atoms with van der Waals surface area (Å²) >= 11 is 9.37. The van der Waals surface area contributed by atoms with Crippen LogP contribution in [0.5, 0.6) is 0 Å². The van der Waals surface area contributed by atoms with Crippen molar-refractivity contribution in [1.82, 2.24) is 9.97 Å². The lowest BCUT2D eigenvalue weighted by Crippen LogP contribution is -2.21. The molecule has 82 valence electrons. The van der Waals surface area contributed by atoms with E-state index in [1.807, 2.05) is 0 Å². The number of hydrogen-bond acceptors (Lipinski definition) is 3. The number of aromatic nitrogens is 2. The zero-order valence-corrected chi connectivity index (χ0v) is 10.9. The Morgan fingerprint density at radius 2 is 2.40 bits per heavy atom. The normalized spacial score (nSPS) is 21.0. The van der Waals surface area contributed by atoms with Gasteiger partial charge in [0.1, 0.15) is 17.3 Å². The summed E-state index contributed by atoms with van der Waals surface area (Å²) < 4.78 is 0.809. The molecule has 1 fully saturated rings. The van der Waals surface area contributed by atoms with E-state index in [0.29, 0.717) is 5.15 Å². The van der Waals surface area contributed by atoms with Gasteiger partial charge >= 0.3 is 0 Å². The monoisotopic (exact) mass is 289 g/mol. The maximum absolute atomic E-state index is 5.94. The molecule has 2 rings (SSSR count). The summed E-state index contributed by atoms with van der Waals surface area (Å²) in [6.07, 6.45) is 3.99. The number of anilines is 1. The van der Waals surface area contributed by atoms with Crippen LogP contribution in [-0.4, -0.2) is 23.1 Å². The molecule has 0 saturated carbocycles. The summed E-state index contributed by atoms with van der Waals surface area (Å²) in [6, 6.07) is 0. The van der Waals surface area contributed by atoms with Gasteiger partial charge in [-0.1, -0.05) is 24.9 Å². The van der Waals surface area contributed by atoms with Crippen molar-refractivity contribution in [2.24, 2.45) is 5.92 Å². The number of hydrogen-bond donors (Lipinski definition) is 0. The van der Waals surface area contributed by atoms with Gasteiger partial charge in [0.05, 0.1) is 4.47 Å². The van der Waals surface area contributed by atoms with Crippen LogP contribution in [0.25, 0.3) is 0 Å². The molecule has 1 unspecified atom stereocenters. The molecule has 3 nitrogen and oxygen atoms in total. The summed E-state index contributed by atoms with van der Waals surface area (Å²) in [7, 11) is 0. The second-order valence-corrected chi connectivity index (χ2v) is 4.96. The minimum Gasteiger partial charge on any atom is -0.355 e. The predicted molar refractivity (Wildman–Crippen MR) is 65.4 cm³/mol. The van der Waals surface area contributed by atoms with Gasteiger partial charge in [0.15, 0.2) is 0 Å². The molecule has 0 amide bonds. The van der Waals surface area contributed by atoms with Crippen molar-refractivity contribution < 1.29 is 0 Å². The molecular weight excluding hydrogens is 277 g/mol. The third-order valence-electron chi connectivity index (χ3n) is 2.89. The highest BCUT2D eigenvalue weighted by atomic mass is 79.9. The van der Waals surface area contributed by atoms with Gasteiger partial charge in [0.2, 0.25) is 0 Å². The Balaban J connectivity index is 2.20. The molecular formula is C10H13BrClN3. The van der Waals surface area contributed by atoms with E-state index in [1.54, 1.807) is 0 Å². The Kier molecular flexibility index (Phi) is 3.46. The van der Waals surface area contributed by atoms with Crippen LogP contribution in [-0.2, 0) is 0 Å². The smallest absolute Gasteiger partial charge is 0.148 e. The van der Waals surface area contributed by atoms with Crippen LogP contribution in [0.4, 0.5) is 5.82 Å². The van der Waals surface area contributed by atoms with Crippen molar-refractivity contribution in [2.45, 2.75) is 19.8 Å². The first kappa shape index (κ1) is 11.1. The Morgan fingerprint density at radius 3 is 3.07 bits per heavy atom. The van der Waals surface area contributed by atoms with Crippen molar-refractivity contribution in [2.75, 3.05) is 18.0 Å². The highest BCUT2D eigenvalue weighted by Gasteiger charge is 2.24. The van der Waals surface area contributed by atoms with E-state index in [-0.39, 0.29) is 0 Å². The standard InChI is InChI=1S/C10H13BrClN3/c1-2-7-3-4-15(5-7)10-8(11)9(12)13-6-14-10/h6-7H,2-5H2,1H3. The van der Waals surface area contributed by atoms with Crippen LogP contribution in [0.2, 0.25) is 5.15 Å². The molecule has 0 aromatic carbocycles. The average Bonchev–Trinajstić information content (AvgIpc) is 2.70. The first-order valence-corrected chi connectivity index (χ1v) is 6.30. The lowest BCUT2D eigenvalue weighted by molar-refractivity contribution is 0.568. The molecule has 1 atom stereocenters. The third-order valence-corrected chi connectivity index (χ3v) is 4.14. The van der Waals surface area contributed by atoms with Crippen LogP contribution in [0, 0.1) is 5.92 Å². The van der Waals surface area contributed by atoms with E-state index in [4.69, 9.17) is 11.6 Å². The van der Waals surface area contributed by atoms with Gasteiger partial charge in [0.25, 0.3) is 0 Å². The largest absolute Gasteiger partial charge is 0.355 e. The predicted octanol–water partition coefficient (Wildman–Crippen LogP) is 3.13. The highest BCUT2D eigenvalue weighted by Crippen LogP contribution is 2.32. The zero-order chi connectivity index (χ0) is 10.8. The van der Waals surface area contributed by atoms with Gasteiger partial charge in [0, 0.05) is 13.1 Å². The molecule has 1 aromatic heterocycles. The Hall–Kier alpha value is -0.350. The molecule has 1 saturated heterocycles. The molecule has 1 aliphatic rings. The molecule has 0 aliphatic carbocycles. The van der Waals surface area contributed by atoms with Crippen LogP contribution < -0.4 is 4.90 Å². The van der Waals surface area contributed by atoms with Crippen molar-refractivity contribution in [1.29, 1.82) is 0 Å². The zero-order valence-electron chi connectivity index (χ0n) is 8.58. The number of rotatable bonds is 2. The third kappa shape index (κ3) is 2.26. The molecule has 2 heterocycles. The fraction of sp³-hybridized carbons (Fsp3) is 0.600. The SMILES string of the molecule is CCC1CCN(c2ncnc(Cl)c2Br)C1. The molecule has 0 spiro atoms. The summed E-state index contributed by atoms with van der Waals surface area (Å²) in [5, 5.41) is 0.486. The van der Waals surface area contributed by atoms with Crippen molar-refractivity contribution in [3.63, 3.8) is 0 Å². The molecule has 0 bridgehead atoms. The number of halogens is 2. The lowest BCUT2D eigenvalue weighted by Gasteiger charge is -2.18. The molecule has 5 heteroatoms. The van der Waals surface area contributed by atoms with Crippen molar-refractivity contribution in [3.05, 3.63) is 16.0 Å². The Labute approximate surface area is 103 Å². The van der Waals surface area contributed by atoms with Crippen LogP contribution in [0.3, 0.4) is 0 Å². The maximum atomic E-state index is 5.94. The Bertz CT molecular complexity index is 359. The first-order chi connectivity index (χ1) is 7.22. The van der Waals surface area contributed by atoms with Gasteiger partial charge < -0.3 is 4.90 Å². The summed E-state index contributed by atoms with van der Waals surface area (Å²) in [5.41, 5.74) is 0. The summed E-state index contributed by atoms with van der Waals surface area (Å²) in [6.45, 7) is 4.36. The van der Waals surface area contributed by atoms with Crippen LogP contribution >= 0.6 is 27.5 Å². The van der Waals surface area contributed by atoms with E-state index in [0.717, 1.165) is 29.3 Å². The van der Waals surface area contributed by atoms with E-state index < -0.39 is 0 Å². The van der Waals surface area contributed by atoms with Gasteiger partial charge in [-0.05, 0) is 28.3 Å². The minimum absolute atomic E-state index is 0.486.